The van der Waals surface area contributed by atoms with E-state index in [1.807, 2.05) is 64.1 Å². The van der Waals surface area contributed by atoms with Gasteiger partial charge in [0.15, 0.2) is 0 Å². The number of cyclic esters (lactones) is 1. The van der Waals surface area contributed by atoms with Crippen LogP contribution in [0.5, 0.6) is 0 Å². The third-order valence-corrected chi connectivity index (χ3v) is 4.87. The van der Waals surface area contributed by atoms with Crippen molar-refractivity contribution in [2.75, 3.05) is 6.61 Å². The van der Waals surface area contributed by atoms with Crippen molar-refractivity contribution in [3.05, 3.63) is 47.5 Å². The summed E-state index contributed by atoms with van der Waals surface area (Å²) in [7, 11) is 0. The van der Waals surface area contributed by atoms with Gasteiger partial charge >= 0.3 is 6.09 Å². The number of aliphatic hydroxyl groups is 1. The molecule has 1 aliphatic heterocycles. The molecule has 1 heterocycles. The van der Waals surface area contributed by atoms with E-state index in [2.05, 4.69) is 0 Å². The topological polar surface area (TPSA) is 66.8 Å². The van der Waals surface area contributed by atoms with Crippen LogP contribution in [0.3, 0.4) is 0 Å². The number of benzene rings is 1. The Kier molecular flexibility index (Phi) is 7.60. The molecule has 1 saturated heterocycles. The Hall–Kier alpha value is -2.14. The zero-order chi connectivity index (χ0) is 20.0. The summed E-state index contributed by atoms with van der Waals surface area (Å²) < 4.78 is 5.17. The average Bonchev–Trinajstić information content (AvgIpc) is 2.99. The number of nitrogens with zero attached hydrogens (tertiary/aromatic N) is 1. The number of amides is 2. The van der Waals surface area contributed by atoms with Crippen molar-refractivity contribution < 1.29 is 19.4 Å². The van der Waals surface area contributed by atoms with Gasteiger partial charge in [0.2, 0.25) is 5.91 Å². The van der Waals surface area contributed by atoms with Crippen molar-refractivity contribution in [2.45, 2.75) is 59.1 Å². The molecule has 0 aliphatic carbocycles. The molecular formula is C22H31NO4. The molecule has 1 aromatic rings. The standard InChI is InChI=1S/C22H31NO4/c1-5-9-19(20(24)16(4)12-15(2)3)21(25)23-18(14-27-22(23)26)13-17-10-7-6-8-11-17/h6-8,10-12,15,18-20,24H,5,9,13-14H2,1-4H3/b16-12+/t18-,19-,20+/m1/s1. The largest absolute Gasteiger partial charge is 0.447 e. The fourth-order valence-electron chi connectivity index (χ4n) is 3.61. The summed E-state index contributed by atoms with van der Waals surface area (Å²) in [5.74, 6) is -0.710. The van der Waals surface area contributed by atoms with E-state index in [4.69, 9.17) is 4.74 Å². The number of allylic oxidation sites excluding steroid dienone is 1. The van der Waals surface area contributed by atoms with Gasteiger partial charge in [0.1, 0.15) is 6.61 Å². The van der Waals surface area contributed by atoms with Crippen LogP contribution in [0.2, 0.25) is 0 Å². The number of rotatable bonds is 8. The Morgan fingerprint density at radius 1 is 1.33 bits per heavy atom. The molecule has 1 aromatic carbocycles. The van der Waals surface area contributed by atoms with Crippen molar-refractivity contribution in [1.29, 1.82) is 0 Å². The average molecular weight is 373 g/mol. The zero-order valence-corrected chi connectivity index (χ0v) is 16.7. The fraction of sp³-hybridized carbons (Fsp3) is 0.545. The number of imide groups is 1. The molecule has 0 unspecified atom stereocenters. The lowest BCUT2D eigenvalue weighted by atomic mass is 9.89. The van der Waals surface area contributed by atoms with Gasteiger partial charge in [-0.3, -0.25) is 4.79 Å². The molecule has 1 fully saturated rings. The first-order valence-electron chi connectivity index (χ1n) is 9.75. The van der Waals surface area contributed by atoms with Gasteiger partial charge in [0, 0.05) is 0 Å². The summed E-state index contributed by atoms with van der Waals surface area (Å²) in [6.07, 6.45) is 2.27. The van der Waals surface area contributed by atoms with E-state index in [1.165, 1.54) is 4.90 Å². The minimum atomic E-state index is -0.898. The summed E-state index contributed by atoms with van der Waals surface area (Å²) in [6.45, 7) is 8.05. The molecule has 148 valence electrons. The van der Waals surface area contributed by atoms with E-state index in [9.17, 15) is 14.7 Å². The number of ether oxygens (including phenoxy) is 1. The smallest absolute Gasteiger partial charge is 0.416 e. The molecular weight excluding hydrogens is 342 g/mol. The molecule has 5 heteroatoms. The van der Waals surface area contributed by atoms with Gasteiger partial charge in [0.25, 0.3) is 0 Å². The zero-order valence-electron chi connectivity index (χ0n) is 16.7. The van der Waals surface area contributed by atoms with Crippen molar-refractivity contribution in [1.82, 2.24) is 4.90 Å². The van der Waals surface area contributed by atoms with Gasteiger partial charge in [-0.15, -0.1) is 0 Å². The van der Waals surface area contributed by atoms with Crippen LogP contribution in [-0.4, -0.2) is 40.8 Å². The molecule has 5 nitrogen and oxygen atoms in total. The molecule has 2 amide bonds. The molecule has 0 radical (unpaired) electrons. The first kappa shape index (κ1) is 21.2. The quantitative estimate of drug-likeness (QED) is 0.701. The number of carbonyl (C=O) groups excluding carboxylic acids is 2. The fourth-order valence-corrected chi connectivity index (χ4v) is 3.61. The van der Waals surface area contributed by atoms with E-state index >= 15 is 0 Å². The summed E-state index contributed by atoms with van der Waals surface area (Å²) in [5, 5.41) is 10.8. The number of hydrogen-bond donors (Lipinski definition) is 1. The summed E-state index contributed by atoms with van der Waals surface area (Å²) in [6, 6.07) is 9.40. The van der Waals surface area contributed by atoms with Crippen molar-refractivity contribution in [2.24, 2.45) is 11.8 Å². The molecule has 0 aromatic heterocycles. The third-order valence-electron chi connectivity index (χ3n) is 4.87. The van der Waals surface area contributed by atoms with Crippen LogP contribution >= 0.6 is 0 Å². The van der Waals surface area contributed by atoms with E-state index in [-0.39, 0.29) is 24.5 Å². The SMILES string of the molecule is CCC[C@@H](C(=O)N1C(=O)OC[C@H]1Cc1ccccc1)[C@@H](O)/C(C)=C/C(C)C. The second kappa shape index (κ2) is 9.70. The van der Waals surface area contributed by atoms with Crippen molar-refractivity contribution in [3.8, 4) is 0 Å². The summed E-state index contributed by atoms with van der Waals surface area (Å²) >= 11 is 0. The van der Waals surface area contributed by atoms with Gasteiger partial charge in [-0.05, 0) is 36.8 Å². The highest BCUT2D eigenvalue weighted by Crippen LogP contribution is 2.26. The third kappa shape index (κ3) is 5.42. The van der Waals surface area contributed by atoms with Crippen LogP contribution in [0.1, 0.15) is 46.1 Å². The van der Waals surface area contributed by atoms with Crippen LogP contribution in [0.25, 0.3) is 0 Å². The lowest BCUT2D eigenvalue weighted by molar-refractivity contribution is -0.136. The van der Waals surface area contributed by atoms with E-state index in [0.717, 1.165) is 17.6 Å². The molecule has 0 spiro atoms. The predicted molar refractivity (Wildman–Crippen MR) is 105 cm³/mol. The van der Waals surface area contributed by atoms with Crippen LogP contribution in [0.15, 0.2) is 42.0 Å². The molecule has 0 saturated carbocycles. The first-order chi connectivity index (χ1) is 12.8. The predicted octanol–water partition coefficient (Wildman–Crippen LogP) is 3.96. The van der Waals surface area contributed by atoms with E-state index in [1.54, 1.807) is 0 Å². The highest BCUT2D eigenvalue weighted by molar-refractivity contribution is 5.95. The Balaban J connectivity index is 2.22. The Labute approximate surface area is 162 Å². The van der Waals surface area contributed by atoms with E-state index in [0.29, 0.717) is 12.8 Å². The normalized spacial score (nSPS) is 19.9. The number of carbonyl (C=O) groups is 2. The van der Waals surface area contributed by atoms with Crippen molar-refractivity contribution in [3.63, 3.8) is 0 Å². The lowest BCUT2D eigenvalue weighted by Gasteiger charge is -2.28. The van der Waals surface area contributed by atoms with Gasteiger partial charge < -0.3 is 9.84 Å². The summed E-state index contributed by atoms with van der Waals surface area (Å²) in [4.78, 5) is 26.7. The van der Waals surface area contributed by atoms with Gasteiger partial charge in [-0.25, -0.2) is 9.69 Å². The minimum absolute atomic E-state index is 0.190. The van der Waals surface area contributed by atoms with E-state index < -0.39 is 18.1 Å². The van der Waals surface area contributed by atoms with Gasteiger partial charge in [0.05, 0.1) is 18.1 Å². The highest BCUT2D eigenvalue weighted by Gasteiger charge is 2.42. The van der Waals surface area contributed by atoms with Crippen LogP contribution in [-0.2, 0) is 16.0 Å². The van der Waals surface area contributed by atoms with Crippen LogP contribution in [0, 0.1) is 11.8 Å². The summed E-state index contributed by atoms with van der Waals surface area (Å²) in [5.41, 5.74) is 1.81. The Morgan fingerprint density at radius 2 is 2.00 bits per heavy atom. The lowest BCUT2D eigenvalue weighted by Crippen LogP contribution is -2.46. The maximum absolute atomic E-state index is 13.2. The van der Waals surface area contributed by atoms with Crippen molar-refractivity contribution >= 4 is 12.0 Å². The monoisotopic (exact) mass is 373 g/mol. The maximum atomic E-state index is 13.2. The Morgan fingerprint density at radius 3 is 2.59 bits per heavy atom. The van der Waals surface area contributed by atoms with Crippen LogP contribution < -0.4 is 0 Å². The van der Waals surface area contributed by atoms with Gasteiger partial charge in [-0.2, -0.15) is 0 Å². The molecule has 27 heavy (non-hydrogen) atoms. The molecule has 1 aliphatic rings. The number of hydrogen-bond acceptors (Lipinski definition) is 4. The molecule has 1 N–H and O–H groups in total. The molecule has 2 rings (SSSR count). The Bertz CT molecular complexity index is 668. The minimum Gasteiger partial charge on any atom is -0.447 e. The molecule has 0 bridgehead atoms. The maximum Gasteiger partial charge on any atom is 0.416 e. The second-order valence-electron chi connectivity index (χ2n) is 7.62. The molecule has 3 atom stereocenters. The highest BCUT2D eigenvalue weighted by atomic mass is 16.6. The second-order valence-corrected chi connectivity index (χ2v) is 7.62. The first-order valence-corrected chi connectivity index (χ1v) is 9.75. The van der Waals surface area contributed by atoms with Crippen LogP contribution in [0.4, 0.5) is 4.79 Å². The van der Waals surface area contributed by atoms with Gasteiger partial charge in [-0.1, -0.05) is 63.6 Å². The number of aliphatic hydroxyl groups excluding tert-OH is 1.